The van der Waals surface area contributed by atoms with Crippen LogP contribution in [0.1, 0.15) is 35.3 Å². The van der Waals surface area contributed by atoms with Crippen molar-refractivity contribution in [2.45, 2.75) is 31.4 Å². The van der Waals surface area contributed by atoms with Gasteiger partial charge in [-0.15, -0.1) is 11.8 Å². The molecule has 26 heavy (non-hydrogen) atoms. The highest BCUT2D eigenvalue weighted by molar-refractivity contribution is 8.00. The number of nitriles is 1. The highest BCUT2D eigenvalue weighted by Crippen LogP contribution is 2.23. The van der Waals surface area contributed by atoms with Crippen molar-refractivity contribution in [1.29, 1.82) is 5.26 Å². The predicted molar refractivity (Wildman–Crippen MR) is 101 cm³/mol. The third-order valence-corrected chi connectivity index (χ3v) is 4.49. The molecular formula is C20H20N2O3S. The Bertz CT molecular complexity index is 828. The van der Waals surface area contributed by atoms with Gasteiger partial charge in [0.1, 0.15) is 6.61 Å². The van der Waals surface area contributed by atoms with Crippen LogP contribution in [0.2, 0.25) is 0 Å². The highest BCUT2D eigenvalue weighted by Gasteiger charge is 2.15. The second kappa shape index (κ2) is 9.64. The molecular weight excluding hydrogens is 348 g/mol. The van der Waals surface area contributed by atoms with Crippen LogP contribution in [0.4, 0.5) is 0 Å². The topological polar surface area (TPSA) is 79.2 Å². The number of carbonyl (C=O) groups is 2. The van der Waals surface area contributed by atoms with Gasteiger partial charge >= 0.3 is 5.97 Å². The molecule has 0 aliphatic carbocycles. The summed E-state index contributed by atoms with van der Waals surface area (Å²) < 4.78 is 5.36. The molecule has 0 radical (unpaired) electrons. The van der Waals surface area contributed by atoms with Gasteiger partial charge in [-0.05, 0) is 32.0 Å². The van der Waals surface area contributed by atoms with E-state index in [-0.39, 0.29) is 24.3 Å². The number of thioether (sulfide) groups is 1. The lowest BCUT2D eigenvalue weighted by atomic mass is 10.1. The van der Waals surface area contributed by atoms with E-state index in [2.05, 4.69) is 11.4 Å². The first kappa shape index (κ1) is 19.5. The molecule has 0 heterocycles. The number of nitrogens with one attached hydrogen (secondary N) is 1. The summed E-state index contributed by atoms with van der Waals surface area (Å²) in [4.78, 5) is 24.9. The van der Waals surface area contributed by atoms with Gasteiger partial charge < -0.3 is 10.1 Å². The van der Waals surface area contributed by atoms with Crippen LogP contribution >= 0.6 is 11.8 Å². The van der Waals surface area contributed by atoms with Gasteiger partial charge in [-0.25, -0.2) is 4.79 Å². The lowest BCUT2D eigenvalue weighted by molar-refractivity contribution is -0.119. The van der Waals surface area contributed by atoms with Crippen molar-refractivity contribution in [3.63, 3.8) is 0 Å². The molecule has 0 atom stereocenters. The maximum absolute atomic E-state index is 12.4. The van der Waals surface area contributed by atoms with Crippen molar-refractivity contribution in [2.75, 3.05) is 5.75 Å². The van der Waals surface area contributed by atoms with E-state index in [0.717, 1.165) is 0 Å². The van der Waals surface area contributed by atoms with Crippen molar-refractivity contribution in [3.05, 3.63) is 65.2 Å². The average molecular weight is 368 g/mol. The number of rotatable bonds is 7. The van der Waals surface area contributed by atoms with E-state index in [4.69, 9.17) is 10.00 Å². The SMILES string of the molecule is CC(C)NC(=O)CSc1ccccc1C(=O)OCc1ccccc1C#N. The molecule has 134 valence electrons. The fourth-order valence-corrected chi connectivity index (χ4v) is 3.10. The molecule has 6 heteroatoms. The van der Waals surface area contributed by atoms with Crippen LogP contribution in [0.3, 0.4) is 0 Å². The van der Waals surface area contributed by atoms with E-state index in [9.17, 15) is 9.59 Å². The van der Waals surface area contributed by atoms with Gasteiger partial charge in [0.05, 0.1) is 22.9 Å². The van der Waals surface area contributed by atoms with Gasteiger partial charge in [0.15, 0.2) is 0 Å². The lowest BCUT2D eigenvalue weighted by Gasteiger charge is -2.11. The number of nitrogens with zero attached hydrogens (tertiary/aromatic N) is 1. The van der Waals surface area contributed by atoms with Crippen LogP contribution < -0.4 is 5.32 Å². The van der Waals surface area contributed by atoms with E-state index < -0.39 is 5.97 Å². The van der Waals surface area contributed by atoms with Gasteiger partial charge in [-0.2, -0.15) is 5.26 Å². The van der Waals surface area contributed by atoms with Gasteiger partial charge in [-0.1, -0.05) is 30.3 Å². The minimum absolute atomic E-state index is 0.0232. The molecule has 5 nitrogen and oxygen atoms in total. The summed E-state index contributed by atoms with van der Waals surface area (Å²) in [6.45, 7) is 3.81. The van der Waals surface area contributed by atoms with E-state index in [0.29, 0.717) is 21.6 Å². The molecule has 0 aromatic heterocycles. The van der Waals surface area contributed by atoms with Gasteiger partial charge in [0.2, 0.25) is 5.91 Å². The molecule has 2 aromatic rings. The van der Waals surface area contributed by atoms with Crippen LogP contribution in [0.15, 0.2) is 53.4 Å². The monoisotopic (exact) mass is 368 g/mol. The largest absolute Gasteiger partial charge is 0.457 e. The van der Waals surface area contributed by atoms with E-state index >= 15 is 0 Å². The maximum Gasteiger partial charge on any atom is 0.339 e. The van der Waals surface area contributed by atoms with Gasteiger partial charge in [-0.3, -0.25) is 4.79 Å². The average Bonchev–Trinajstić information content (AvgIpc) is 2.64. The van der Waals surface area contributed by atoms with Gasteiger partial charge in [0, 0.05) is 16.5 Å². The molecule has 1 amide bonds. The minimum atomic E-state index is -0.481. The van der Waals surface area contributed by atoms with E-state index in [1.54, 1.807) is 42.5 Å². The van der Waals surface area contributed by atoms with Crippen LogP contribution in [0.5, 0.6) is 0 Å². The van der Waals surface area contributed by atoms with Crippen LogP contribution in [-0.2, 0) is 16.1 Å². The number of ether oxygens (including phenoxy) is 1. The molecule has 0 aliphatic rings. The molecule has 1 N–H and O–H groups in total. The summed E-state index contributed by atoms with van der Waals surface area (Å²) in [6, 6.07) is 16.2. The molecule has 0 aliphatic heterocycles. The lowest BCUT2D eigenvalue weighted by Crippen LogP contribution is -2.31. The molecule has 0 unspecified atom stereocenters. The number of amides is 1. The molecule has 0 bridgehead atoms. The van der Waals surface area contributed by atoms with E-state index in [1.807, 2.05) is 19.9 Å². The number of carbonyl (C=O) groups excluding carboxylic acids is 2. The predicted octanol–water partition coefficient (Wildman–Crippen LogP) is 3.53. The van der Waals surface area contributed by atoms with Crippen molar-refractivity contribution >= 4 is 23.6 Å². The Hall–Kier alpha value is -2.78. The fourth-order valence-electron chi connectivity index (χ4n) is 2.24. The Labute approximate surface area is 157 Å². The van der Waals surface area contributed by atoms with E-state index in [1.165, 1.54) is 11.8 Å². The number of hydrogen-bond acceptors (Lipinski definition) is 5. The second-order valence-corrected chi connectivity index (χ2v) is 6.87. The Morgan fingerprint density at radius 3 is 2.58 bits per heavy atom. The summed E-state index contributed by atoms with van der Waals surface area (Å²) in [5, 5.41) is 11.9. The Morgan fingerprint density at radius 2 is 1.85 bits per heavy atom. The molecule has 0 fully saturated rings. The first-order valence-electron chi connectivity index (χ1n) is 8.17. The third kappa shape index (κ3) is 5.64. The van der Waals surface area contributed by atoms with Crippen LogP contribution in [0, 0.1) is 11.3 Å². The maximum atomic E-state index is 12.4. The second-order valence-electron chi connectivity index (χ2n) is 5.85. The molecule has 0 spiro atoms. The first-order valence-corrected chi connectivity index (χ1v) is 9.16. The Balaban J connectivity index is 2.03. The molecule has 2 rings (SSSR count). The molecule has 0 saturated heterocycles. The normalized spacial score (nSPS) is 10.2. The summed E-state index contributed by atoms with van der Waals surface area (Å²) in [5.41, 5.74) is 1.54. The summed E-state index contributed by atoms with van der Waals surface area (Å²) in [6.07, 6.45) is 0. The highest BCUT2D eigenvalue weighted by atomic mass is 32.2. The number of esters is 1. The molecule has 0 saturated carbocycles. The molecule has 2 aromatic carbocycles. The van der Waals surface area contributed by atoms with Crippen molar-refractivity contribution < 1.29 is 14.3 Å². The zero-order chi connectivity index (χ0) is 18.9. The zero-order valence-corrected chi connectivity index (χ0v) is 15.5. The van der Waals surface area contributed by atoms with Gasteiger partial charge in [0.25, 0.3) is 0 Å². The zero-order valence-electron chi connectivity index (χ0n) is 14.7. The minimum Gasteiger partial charge on any atom is -0.457 e. The first-order chi connectivity index (χ1) is 12.5. The quantitative estimate of drug-likeness (QED) is 0.597. The van der Waals surface area contributed by atoms with Crippen molar-refractivity contribution in [2.24, 2.45) is 0 Å². The smallest absolute Gasteiger partial charge is 0.339 e. The standard InChI is InChI=1S/C20H20N2O3S/c1-14(2)22-19(23)13-26-18-10-6-5-9-17(18)20(24)25-12-16-8-4-3-7-15(16)11-21/h3-10,14H,12-13H2,1-2H3,(H,22,23). The summed E-state index contributed by atoms with van der Waals surface area (Å²) in [7, 11) is 0. The summed E-state index contributed by atoms with van der Waals surface area (Å²) >= 11 is 1.29. The van der Waals surface area contributed by atoms with Crippen LogP contribution in [-0.4, -0.2) is 23.7 Å². The van der Waals surface area contributed by atoms with Crippen molar-refractivity contribution in [3.8, 4) is 6.07 Å². The Kier molecular flexibility index (Phi) is 7.24. The third-order valence-electron chi connectivity index (χ3n) is 3.41. The Morgan fingerprint density at radius 1 is 1.15 bits per heavy atom. The van der Waals surface area contributed by atoms with Crippen molar-refractivity contribution in [1.82, 2.24) is 5.32 Å². The number of benzene rings is 2. The summed E-state index contributed by atoms with van der Waals surface area (Å²) in [5.74, 6) is -0.346. The fraction of sp³-hybridized carbons (Fsp3) is 0.250. The number of hydrogen-bond donors (Lipinski definition) is 1. The van der Waals surface area contributed by atoms with Crippen LogP contribution in [0.25, 0.3) is 0 Å².